The van der Waals surface area contributed by atoms with Crippen molar-refractivity contribution in [3.8, 4) is 0 Å². The molecule has 4 amide bonds. The second-order valence-corrected chi connectivity index (χ2v) is 10.4. The van der Waals surface area contributed by atoms with E-state index in [0.717, 1.165) is 12.8 Å². The van der Waals surface area contributed by atoms with Gasteiger partial charge in [0.2, 0.25) is 11.8 Å². The highest BCUT2D eigenvalue weighted by molar-refractivity contribution is 6.08. The second kappa shape index (κ2) is 14.8. The Hall–Kier alpha value is -4.74. The summed E-state index contributed by atoms with van der Waals surface area (Å²) in [5.74, 6) is -0.885. The summed E-state index contributed by atoms with van der Waals surface area (Å²) in [5, 5.41) is 16.7. The molecule has 0 bridgehead atoms. The highest BCUT2D eigenvalue weighted by atomic mass is 16.4. The molecule has 0 spiro atoms. The minimum absolute atomic E-state index is 0.0621. The number of carboxylic acid groups (broad SMARTS) is 1. The van der Waals surface area contributed by atoms with Crippen LogP contribution in [0.5, 0.6) is 0 Å². The van der Waals surface area contributed by atoms with E-state index >= 15 is 0 Å². The SMILES string of the molecule is CCCN(CCC)C(=O)C1=Cc2ccc(C(=O)Nc3cncc(CNC(=O)C(NC(=O)O)C(C)C)c3)cc2N=C(N)C1. The number of aromatic nitrogens is 1. The highest BCUT2D eigenvalue weighted by Gasteiger charge is 2.24. The predicted molar refractivity (Wildman–Crippen MR) is 161 cm³/mol. The molecule has 0 radical (unpaired) electrons. The van der Waals surface area contributed by atoms with E-state index in [1.165, 1.54) is 12.4 Å². The summed E-state index contributed by atoms with van der Waals surface area (Å²) in [6.45, 7) is 8.96. The number of nitrogens with two attached hydrogens (primary N) is 1. The third kappa shape index (κ3) is 8.63. The van der Waals surface area contributed by atoms with Crippen LogP contribution >= 0.6 is 0 Å². The molecule has 42 heavy (non-hydrogen) atoms. The Labute approximate surface area is 245 Å². The first-order valence-electron chi connectivity index (χ1n) is 14.0. The number of hydrogen-bond donors (Lipinski definition) is 5. The first kappa shape index (κ1) is 31.8. The van der Waals surface area contributed by atoms with Crippen LogP contribution in [0.3, 0.4) is 0 Å². The van der Waals surface area contributed by atoms with E-state index in [1.807, 2.05) is 18.7 Å². The number of amidine groups is 1. The van der Waals surface area contributed by atoms with Gasteiger partial charge in [-0.2, -0.15) is 0 Å². The minimum Gasteiger partial charge on any atom is -0.465 e. The van der Waals surface area contributed by atoms with Crippen molar-refractivity contribution in [2.45, 2.75) is 59.5 Å². The quantitative estimate of drug-likeness (QED) is 0.255. The van der Waals surface area contributed by atoms with Crippen LogP contribution in [0.1, 0.15) is 68.4 Å². The topological polar surface area (TPSA) is 179 Å². The average Bonchev–Trinajstić information content (AvgIpc) is 3.11. The summed E-state index contributed by atoms with van der Waals surface area (Å²) < 4.78 is 0. The van der Waals surface area contributed by atoms with E-state index in [9.17, 15) is 19.2 Å². The van der Waals surface area contributed by atoms with Gasteiger partial charge in [-0.15, -0.1) is 0 Å². The maximum atomic E-state index is 13.2. The van der Waals surface area contributed by atoms with Crippen LogP contribution in [0.2, 0.25) is 0 Å². The van der Waals surface area contributed by atoms with Gasteiger partial charge in [0, 0.05) is 49.0 Å². The van der Waals surface area contributed by atoms with Gasteiger partial charge in [-0.1, -0.05) is 33.8 Å². The number of fused-ring (bicyclic) bond motifs is 1. The van der Waals surface area contributed by atoms with Gasteiger partial charge in [-0.05, 0) is 48.6 Å². The first-order chi connectivity index (χ1) is 20.0. The standard InChI is InChI=1S/C30H39N7O5/c1-5-9-37(10-6-2)29(40)22-12-20-7-8-21(13-24(20)35-25(31)14-22)27(38)34-23-11-19(15-32-17-23)16-33-28(39)26(18(3)4)36-30(41)42/h7-8,11-13,15,17-18,26,36H,5-6,9-10,14,16H2,1-4H3,(H2,31,35)(H,33,39)(H,34,38)(H,41,42). The zero-order valence-electron chi connectivity index (χ0n) is 24.4. The van der Waals surface area contributed by atoms with Crippen molar-refractivity contribution >= 4 is 47.1 Å². The number of rotatable bonds is 12. The largest absolute Gasteiger partial charge is 0.465 e. The van der Waals surface area contributed by atoms with Gasteiger partial charge in [0.05, 0.1) is 17.6 Å². The molecule has 2 aromatic rings. The van der Waals surface area contributed by atoms with Crippen molar-refractivity contribution in [2.75, 3.05) is 18.4 Å². The monoisotopic (exact) mass is 577 g/mol. The number of amides is 4. The van der Waals surface area contributed by atoms with Gasteiger partial charge in [-0.25, -0.2) is 9.79 Å². The Morgan fingerprint density at radius 3 is 2.43 bits per heavy atom. The molecule has 1 unspecified atom stereocenters. The van der Waals surface area contributed by atoms with Crippen LogP contribution < -0.4 is 21.7 Å². The zero-order chi connectivity index (χ0) is 30.8. The van der Waals surface area contributed by atoms with Gasteiger partial charge in [-0.3, -0.25) is 19.4 Å². The zero-order valence-corrected chi connectivity index (χ0v) is 24.4. The molecule has 3 rings (SSSR count). The summed E-state index contributed by atoms with van der Waals surface area (Å²) in [7, 11) is 0. The van der Waals surface area contributed by atoms with Crippen molar-refractivity contribution in [3.05, 3.63) is 58.9 Å². The summed E-state index contributed by atoms with van der Waals surface area (Å²) in [6.07, 6.45) is 5.46. The number of nitrogens with one attached hydrogen (secondary N) is 3. The van der Waals surface area contributed by atoms with Crippen LogP contribution in [-0.2, 0) is 16.1 Å². The maximum Gasteiger partial charge on any atom is 0.405 e. The minimum atomic E-state index is -1.28. The van der Waals surface area contributed by atoms with Gasteiger partial charge >= 0.3 is 6.09 Å². The first-order valence-corrected chi connectivity index (χ1v) is 14.0. The molecule has 1 aliphatic rings. The molecule has 0 aliphatic carbocycles. The molecule has 224 valence electrons. The Balaban J connectivity index is 1.73. The molecule has 6 N–H and O–H groups in total. The average molecular weight is 578 g/mol. The number of nitrogens with zero attached hydrogens (tertiary/aromatic N) is 3. The third-order valence-corrected chi connectivity index (χ3v) is 6.55. The molecule has 1 aliphatic heterocycles. The normalized spacial score (nSPS) is 13.2. The number of pyridine rings is 1. The van der Waals surface area contributed by atoms with E-state index in [4.69, 9.17) is 10.8 Å². The van der Waals surface area contributed by atoms with Gasteiger partial charge < -0.3 is 31.7 Å². The number of carbonyl (C=O) groups excluding carboxylic acids is 3. The van der Waals surface area contributed by atoms with E-state index in [0.29, 0.717) is 46.7 Å². The Morgan fingerprint density at radius 2 is 1.79 bits per heavy atom. The summed E-state index contributed by atoms with van der Waals surface area (Å²) in [4.78, 5) is 60.2. The van der Waals surface area contributed by atoms with Gasteiger partial charge in [0.25, 0.3) is 5.91 Å². The second-order valence-electron chi connectivity index (χ2n) is 10.4. The number of aliphatic imine (C=N–C) groups is 1. The molecule has 1 aromatic heterocycles. The molecule has 12 nitrogen and oxygen atoms in total. The van der Waals surface area contributed by atoms with Crippen molar-refractivity contribution in [3.63, 3.8) is 0 Å². The lowest BCUT2D eigenvalue weighted by Crippen LogP contribution is -2.49. The lowest BCUT2D eigenvalue weighted by molar-refractivity contribution is -0.127. The van der Waals surface area contributed by atoms with E-state index in [2.05, 4.69) is 25.9 Å². The number of hydrogen-bond acceptors (Lipinski definition) is 7. The van der Waals surface area contributed by atoms with Crippen molar-refractivity contribution in [2.24, 2.45) is 16.6 Å². The molecule has 0 fully saturated rings. The van der Waals surface area contributed by atoms with Gasteiger partial charge in [0.15, 0.2) is 0 Å². The molecule has 2 heterocycles. The summed E-state index contributed by atoms with van der Waals surface area (Å²) in [5.41, 5.74) is 9.27. The molecule has 1 aromatic carbocycles. The molecular formula is C30H39N7O5. The van der Waals surface area contributed by atoms with Crippen molar-refractivity contribution in [1.29, 1.82) is 0 Å². The van der Waals surface area contributed by atoms with E-state index in [1.54, 1.807) is 44.2 Å². The van der Waals surface area contributed by atoms with E-state index in [-0.39, 0.29) is 30.6 Å². The molecular weight excluding hydrogens is 538 g/mol. The van der Waals surface area contributed by atoms with Crippen LogP contribution in [0, 0.1) is 5.92 Å². The summed E-state index contributed by atoms with van der Waals surface area (Å²) >= 11 is 0. The lowest BCUT2D eigenvalue weighted by Gasteiger charge is -2.22. The third-order valence-electron chi connectivity index (χ3n) is 6.55. The number of carbonyl (C=O) groups is 4. The smallest absolute Gasteiger partial charge is 0.405 e. The molecule has 0 saturated heterocycles. The van der Waals surface area contributed by atoms with Gasteiger partial charge in [0.1, 0.15) is 11.9 Å². The molecule has 1 atom stereocenters. The maximum absolute atomic E-state index is 13.2. The number of anilines is 1. The molecule has 0 saturated carbocycles. The van der Waals surface area contributed by atoms with Crippen LogP contribution in [0.15, 0.2) is 47.2 Å². The van der Waals surface area contributed by atoms with E-state index < -0.39 is 23.9 Å². The lowest BCUT2D eigenvalue weighted by atomic mass is 10.0. The van der Waals surface area contributed by atoms with Crippen LogP contribution in [0.25, 0.3) is 6.08 Å². The van der Waals surface area contributed by atoms with Crippen LogP contribution in [-0.4, -0.2) is 63.8 Å². The fraction of sp³-hybridized carbons (Fsp3) is 0.400. The Kier molecular flexibility index (Phi) is 11.2. The molecule has 12 heteroatoms. The Morgan fingerprint density at radius 1 is 1.07 bits per heavy atom. The Bertz CT molecular complexity index is 1380. The fourth-order valence-electron chi connectivity index (χ4n) is 4.55. The van der Waals surface area contributed by atoms with Crippen molar-refractivity contribution < 1.29 is 24.3 Å². The van der Waals surface area contributed by atoms with Crippen molar-refractivity contribution in [1.82, 2.24) is 20.5 Å². The summed E-state index contributed by atoms with van der Waals surface area (Å²) in [6, 6.07) is 5.77. The number of benzene rings is 1. The van der Waals surface area contributed by atoms with Crippen LogP contribution in [0.4, 0.5) is 16.2 Å². The predicted octanol–water partition coefficient (Wildman–Crippen LogP) is 3.67. The highest BCUT2D eigenvalue weighted by Crippen LogP contribution is 2.29. The fourth-order valence-corrected chi connectivity index (χ4v) is 4.55.